The molecule has 4 aromatic rings. The van der Waals surface area contributed by atoms with Gasteiger partial charge in [-0.3, -0.25) is 4.79 Å². The van der Waals surface area contributed by atoms with Crippen molar-refractivity contribution in [2.45, 2.75) is 36.1 Å². The number of amides is 1. The molecule has 0 saturated carbocycles. The molecular weight excluding hydrogens is 436 g/mol. The van der Waals surface area contributed by atoms with Crippen molar-refractivity contribution in [3.8, 4) is 0 Å². The van der Waals surface area contributed by atoms with Crippen LogP contribution in [0.4, 0.5) is 0 Å². The quantitative estimate of drug-likeness (QED) is 0.424. The van der Waals surface area contributed by atoms with Crippen molar-refractivity contribution in [3.05, 3.63) is 66.5 Å². The first kappa shape index (κ1) is 21.6. The summed E-state index contributed by atoms with van der Waals surface area (Å²) in [4.78, 5) is 14.8. The Morgan fingerprint density at radius 2 is 1.61 bits per heavy atom. The Hall–Kier alpha value is -3.26. The molecule has 0 atom stereocenters. The van der Waals surface area contributed by atoms with Crippen LogP contribution in [0, 0.1) is 0 Å². The average Bonchev–Trinajstić information content (AvgIpc) is 3.28. The largest absolute Gasteiger partial charge is 0.343 e. The van der Waals surface area contributed by atoms with E-state index in [0.717, 1.165) is 0 Å². The molecule has 1 amide bonds. The van der Waals surface area contributed by atoms with Crippen molar-refractivity contribution < 1.29 is 13.2 Å². The molecule has 1 aliphatic heterocycles. The second-order valence-corrected chi connectivity index (χ2v) is 10.8. The topological polar surface area (TPSA) is 85.2 Å². The highest BCUT2D eigenvalue weighted by Gasteiger charge is 2.35. The van der Waals surface area contributed by atoms with Gasteiger partial charge in [0.25, 0.3) is 0 Å². The first-order valence-corrected chi connectivity index (χ1v) is 12.7. The number of likely N-dealkylation sites (tertiary alicyclic amines) is 1. The Labute approximate surface area is 193 Å². The van der Waals surface area contributed by atoms with Crippen molar-refractivity contribution >= 4 is 37.3 Å². The number of hydrogen-bond donors (Lipinski definition) is 0. The molecule has 3 aromatic carbocycles. The minimum Gasteiger partial charge on any atom is -0.343 e. The van der Waals surface area contributed by atoms with Crippen molar-refractivity contribution in [1.82, 2.24) is 19.7 Å². The highest BCUT2D eigenvalue weighted by atomic mass is 32.2. The monoisotopic (exact) mass is 462 g/mol. The highest BCUT2D eigenvalue weighted by Crippen LogP contribution is 2.30. The van der Waals surface area contributed by atoms with E-state index in [9.17, 15) is 13.2 Å². The summed E-state index contributed by atoms with van der Waals surface area (Å²) in [5.74, 6) is 0.0709. The molecular formula is C25H26N4O3S. The van der Waals surface area contributed by atoms with E-state index in [1.165, 1.54) is 38.0 Å². The van der Waals surface area contributed by atoms with Crippen LogP contribution in [0.5, 0.6) is 0 Å². The van der Waals surface area contributed by atoms with E-state index in [0.29, 0.717) is 38.8 Å². The maximum absolute atomic E-state index is 13.0. The summed E-state index contributed by atoms with van der Waals surface area (Å²) in [5, 5.41) is 11.6. The smallest absolute Gasteiger partial charge is 0.249 e. The molecule has 0 bridgehead atoms. The summed E-state index contributed by atoms with van der Waals surface area (Å²) in [7, 11) is -1.92. The van der Waals surface area contributed by atoms with Crippen molar-refractivity contribution in [2.75, 3.05) is 13.1 Å². The molecule has 2 heterocycles. The normalized spacial score (nSPS) is 15.4. The third kappa shape index (κ3) is 3.99. The predicted molar refractivity (Wildman–Crippen MR) is 128 cm³/mol. The van der Waals surface area contributed by atoms with Gasteiger partial charge in [0.1, 0.15) is 6.33 Å². The number of aryl methyl sites for hydroxylation is 2. The molecule has 170 valence electrons. The molecule has 0 aliphatic carbocycles. The summed E-state index contributed by atoms with van der Waals surface area (Å²) in [6.07, 6.45) is 3.27. The fraction of sp³-hybridized carbons (Fsp3) is 0.320. The van der Waals surface area contributed by atoms with Crippen LogP contribution in [0.1, 0.15) is 24.8 Å². The number of carbonyl (C=O) groups is 1. The summed E-state index contributed by atoms with van der Waals surface area (Å²) in [6, 6.07) is 18.8. The Morgan fingerprint density at radius 1 is 1.00 bits per heavy atom. The number of fused-ring (bicyclic) bond motifs is 2. The van der Waals surface area contributed by atoms with Crippen LogP contribution in [-0.2, 0) is 28.1 Å². The maximum atomic E-state index is 13.0. The van der Waals surface area contributed by atoms with E-state index in [-0.39, 0.29) is 11.1 Å². The van der Waals surface area contributed by atoms with Gasteiger partial charge in [-0.15, -0.1) is 10.2 Å². The summed E-state index contributed by atoms with van der Waals surface area (Å²) < 4.78 is 27.2. The molecule has 1 aromatic heterocycles. The second kappa shape index (κ2) is 8.59. The van der Waals surface area contributed by atoms with Gasteiger partial charge in [-0.05, 0) is 52.4 Å². The van der Waals surface area contributed by atoms with E-state index in [1.807, 2.05) is 24.3 Å². The highest BCUT2D eigenvalue weighted by molar-refractivity contribution is 7.91. The van der Waals surface area contributed by atoms with Gasteiger partial charge in [0, 0.05) is 26.6 Å². The fourth-order valence-electron chi connectivity index (χ4n) is 4.86. The van der Waals surface area contributed by atoms with E-state index in [1.54, 1.807) is 11.9 Å². The number of carbonyl (C=O) groups excluding carboxylic acids is 1. The number of hydrogen-bond acceptors (Lipinski definition) is 5. The van der Waals surface area contributed by atoms with Gasteiger partial charge in [-0.25, -0.2) is 8.42 Å². The lowest BCUT2D eigenvalue weighted by Gasteiger charge is -2.31. The van der Waals surface area contributed by atoms with Gasteiger partial charge in [0.15, 0.2) is 0 Å². The van der Waals surface area contributed by atoms with E-state index in [2.05, 4.69) is 40.5 Å². The SMILES string of the molecule is Cn1cnnc1S(=O)(=O)C1CCN(C(=O)CCc2c3ccccc3cc3ccccc23)CC1. The molecule has 1 saturated heterocycles. The van der Waals surface area contributed by atoms with Gasteiger partial charge in [-0.1, -0.05) is 48.5 Å². The van der Waals surface area contributed by atoms with Gasteiger partial charge in [0.05, 0.1) is 5.25 Å². The summed E-state index contributed by atoms with van der Waals surface area (Å²) >= 11 is 0. The lowest BCUT2D eigenvalue weighted by Crippen LogP contribution is -2.43. The van der Waals surface area contributed by atoms with Gasteiger partial charge in [0.2, 0.25) is 20.9 Å². The van der Waals surface area contributed by atoms with Crippen LogP contribution in [-0.4, -0.2) is 52.3 Å². The third-order valence-electron chi connectivity index (χ3n) is 6.63. The van der Waals surface area contributed by atoms with Crippen LogP contribution in [0.15, 0.2) is 66.1 Å². The molecule has 1 aliphatic rings. The number of aromatic nitrogens is 3. The summed E-state index contributed by atoms with van der Waals surface area (Å²) in [5.41, 5.74) is 1.19. The Bertz CT molecular complexity index is 1380. The molecule has 33 heavy (non-hydrogen) atoms. The van der Waals surface area contributed by atoms with E-state index in [4.69, 9.17) is 0 Å². The van der Waals surface area contributed by atoms with Gasteiger partial charge < -0.3 is 9.47 Å². The second-order valence-electron chi connectivity index (χ2n) is 8.65. The number of benzene rings is 3. The number of sulfone groups is 1. The molecule has 7 nitrogen and oxygen atoms in total. The zero-order valence-electron chi connectivity index (χ0n) is 18.5. The first-order valence-electron chi connectivity index (χ1n) is 11.2. The minimum atomic E-state index is -3.55. The van der Waals surface area contributed by atoms with Crippen molar-refractivity contribution in [2.24, 2.45) is 7.05 Å². The average molecular weight is 463 g/mol. The Balaban J connectivity index is 1.29. The zero-order chi connectivity index (χ0) is 23.0. The standard InChI is InChI=1S/C25H26N4O3S/c1-28-17-26-27-25(28)33(31,32)20-12-14-29(15-13-20)24(30)11-10-23-21-8-4-2-6-18(21)16-19-7-3-5-9-22(19)23/h2-9,16-17,20H,10-15H2,1H3. The van der Waals surface area contributed by atoms with Crippen molar-refractivity contribution in [3.63, 3.8) is 0 Å². The zero-order valence-corrected chi connectivity index (χ0v) is 19.3. The fourth-order valence-corrected chi connectivity index (χ4v) is 6.60. The number of rotatable bonds is 5. The van der Waals surface area contributed by atoms with E-state index >= 15 is 0 Å². The summed E-state index contributed by atoms with van der Waals surface area (Å²) in [6.45, 7) is 0.883. The maximum Gasteiger partial charge on any atom is 0.249 e. The molecule has 5 rings (SSSR count). The molecule has 8 heteroatoms. The first-order chi connectivity index (χ1) is 15.9. The Morgan fingerprint density at radius 3 is 2.18 bits per heavy atom. The third-order valence-corrected chi connectivity index (χ3v) is 8.86. The Kier molecular flexibility index (Phi) is 5.62. The molecule has 0 N–H and O–H groups in total. The van der Waals surface area contributed by atoms with Crippen molar-refractivity contribution in [1.29, 1.82) is 0 Å². The molecule has 0 radical (unpaired) electrons. The lowest BCUT2D eigenvalue weighted by molar-refractivity contribution is -0.131. The molecule has 1 fully saturated rings. The number of piperidine rings is 1. The van der Waals surface area contributed by atoms with E-state index < -0.39 is 15.1 Å². The molecule has 0 spiro atoms. The van der Waals surface area contributed by atoms with Gasteiger partial charge in [-0.2, -0.15) is 0 Å². The number of nitrogens with zero attached hydrogens (tertiary/aromatic N) is 4. The minimum absolute atomic E-state index is 0.00453. The predicted octanol–water partition coefficient (Wildman–Crippen LogP) is 3.52. The van der Waals surface area contributed by atoms with Crippen LogP contribution in [0.2, 0.25) is 0 Å². The van der Waals surface area contributed by atoms with Gasteiger partial charge >= 0.3 is 0 Å². The van der Waals surface area contributed by atoms with Crippen LogP contribution in [0.25, 0.3) is 21.5 Å². The van der Waals surface area contributed by atoms with Crippen LogP contribution in [0.3, 0.4) is 0 Å². The van der Waals surface area contributed by atoms with Crippen LogP contribution >= 0.6 is 0 Å². The van der Waals surface area contributed by atoms with Crippen LogP contribution < -0.4 is 0 Å². The lowest BCUT2D eigenvalue weighted by atomic mass is 9.94. The molecule has 0 unspecified atom stereocenters.